The summed E-state index contributed by atoms with van der Waals surface area (Å²) in [6, 6.07) is 12.1. The van der Waals surface area contributed by atoms with Crippen molar-refractivity contribution in [3.05, 3.63) is 53.8 Å². The van der Waals surface area contributed by atoms with Gasteiger partial charge in [-0.1, -0.05) is 43.2 Å². The van der Waals surface area contributed by atoms with Crippen molar-refractivity contribution >= 4 is 17.7 Å². The number of carbonyl (C=O) groups excluding carboxylic acids is 1. The number of rotatable bonds is 9. The molecule has 35 heavy (non-hydrogen) atoms. The van der Waals surface area contributed by atoms with Crippen LogP contribution in [0, 0.1) is 5.82 Å². The molecule has 0 saturated heterocycles. The smallest absolute Gasteiger partial charge is 0.233 e. The zero-order valence-corrected chi connectivity index (χ0v) is 21.1. The summed E-state index contributed by atoms with van der Waals surface area (Å²) < 4.78 is 26.2. The van der Waals surface area contributed by atoms with Crippen molar-refractivity contribution in [1.29, 1.82) is 0 Å². The molecule has 1 heterocycles. The number of thioether (sulfide) groups is 1. The van der Waals surface area contributed by atoms with Gasteiger partial charge in [-0.05, 0) is 55.7 Å². The molecular weight excluding hydrogens is 467 g/mol. The molecule has 1 saturated carbocycles. The first kappa shape index (κ1) is 25.0. The number of nitrogens with one attached hydrogen (secondary N) is 1. The van der Waals surface area contributed by atoms with Gasteiger partial charge >= 0.3 is 0 Å². The van der Waals surface area contributed by atoms with Crippen LogP contribution in [-0.2, 0) is 11.3 Å². The number of carbonyl (C=O) groups is 1. The summed E-state index contributed by atoms with van der Waals surface area (Å²) in [4.78, 5) is 12.8. The van der Waals surface area contributed by atoms with E-state index in [1.807, 2.05) is 25.1 Å². The average Bonchev–Trinajstić information content (AvgIpc) is 3.31. The minimum atomic E-state index is -0.375. The second-order valence-electron chi connectivity index (χ2n) is 8.64. The standard InChI is InChI=1S/C26H31FN4O3S/c1-17(25(32)28-16-18-9-12-20(27)13-10-18)35-26-30-29-24(31(26)21-7-5-4-6-8-21)19-11-14-22(33-2)23(15-19)34-3/h9-15,17,21H,4-8,16H2,1-3H3,(H,28,32). The van der Waals surface area contributed by atoms with Crippen molar-refractivity contribution in [2.24, 2.45) is 0 Å². The molecule has 2 aromatic carbocycles. The Hall–Kier alpha value is -3.07. The van der Waals surface area contributed by atoms with Crippen molar-refractivity contribution in [2.75, 3.05) is 14.2 Å². The number of hydrogen-bond acceptors (Lipinski definition) is 6. The molecule has 9 heteroatoms. The van der Waals surface area contributed by atoms with Crippen LogP contribution in [0.4, 0.5) is 4.39 Å². The highest BCUT2D eigenvalue weighted by Gasteiger charge is 2.27. The van der Waals surface area contributed by atoms with Gasteiger partial charge in [-0.15, -0.1) is 10.2 Å². The molecule has 1 aliphatic rings. The fourth-order valence-electron chi connectivity index (χ4n) is 4.34. The van der Waals surface area contributed by atoms with Crippen LogP contribution in [0.2, 0.25) is 0 Å². The SMILES string of the molecule is COc1ccc(-c2nnc(SC(C)C(=O)NCc3ccc(F)cc3)n2C2CCCCC2)cc1OC. The van der Waals surface area contributed by atoms with Gasteiger partial charge in [0.25, 0.3) is 0 Å². The molecule has 7 nitrogen and oxygen atoms in total. The summed E-state index contributed by atoms with van der Waals surface area (Å²) in [7, 11) is 3.22. The highest BCUT2D eigenvalue weighted by atomic mass is 32.2. The molecule has 1 atom stereocenters. The predicted octanol–water partition coefficient (Wildman–Crippen LogP) is 5.40. The Balaban J connectivity index is 1.55. The lowest BCUT2D eigenvalue weighted by Gasteiger charge is -2.26. The van der Waals surface area contributed by atoms with Crippen molar-refractivity contribution in [1.82, 2.24) is 20.1 Å². The molecule has 0 aliphatic heterocycles. The molecule has 1 unspecified atom stereocenters. The lowest BCUT2D eigenvalue weighted by molar-refractivity contribution is -0.120. The summed E-state index contributed by atoms with van der Waals surface area (Å²) in [6.07, 6.45) is 5.65. The average molecular weight is 499 g/mol. The van der Waals surface area contributed by atoms with Crippen molar-refractivity contribution in [2.45, 2.75) is 62.0 Å². The Labute approximate surface area is 209 Å². The molecule has 1 N–H and O–H groups in total. The zero-order chi connectivity index (χ0) is 24.8. The van der Waals surface area contributed by atoms with Gasteiger partial charge in [0, 0.05) is 18.2 Å². The quantitative estimate of drug-likeness (QED) is 0.398. The molecule has 186 valence electrons. The molecule has 1 amide bonds. The van der Waals surface area contributed by atoms with Crippen LogP contribution in [0.15, 0.2) is 47.6 Å². The van der Waals surface area contributed by atoms with E-state index < -0.39 is 0 Å². The third-order valence-electron chi connectivity index (χ3n) is 6.28. The van der Waals surface area contributed by atoms with Gasteiger partial charge in [0.05, 0.1) is 19.5 Å². The summed E-state index contributed by atoms with van der Waals surface area (Å²) in [6.45, 7) is 2.21. The van der Waals surface area contributed by atoms with Crippen molar-refractivity contribution < 1.29 is 18.7 Å². The Kier molecular flexibility index (Phi) is 8.28. The van der Waals surface area contributed by atoms with Gasteiger partial charge in [-0.2, -0.15) is 0 Å². The third-order valence-corrected chi connectivity index (χ3v) is 7.33. The maximum atomic E-state index is 13.1. The van der Waals surface area contributed by atoms with Crippen molar-refractivity contribution in [3.8, 4) is 22.9 Å². The minimum Gasteiger partial charge on any atom is -0.493 e. The number of amides is 1. The summed E-state index contributed by atoms with van der Waals surface area (Å²) >= 11 is 1.40. The van der Waals surface area contributed by atoms with Crippen LogP contribution < -0.4 is 14.8 Å². The van der Waals surface area contributed by atoms with Crippen LogP contribution >= 0.6 is 11.8 Å². The summed E-state index contributed by atoms with van der Waals surface area (Å²) in [5.41, 5.74) is 1.74. The third kappa shape index (κ3) is 5.96. The van der Waals surface area contributed by atoms with Crippen LogP contribution in [0.1, 0.15) is 50.6 Å². The van der Waals surface area contributed by atoms with Gasteiger partial charge in [0.1, 0.15) is 5.82 Å². The predicted molar refractivity (Wildman–Crippen MR) is 134 cm³/mol. The second kappa shape index (κ2) is 11.6. The first-order valence-electron chi connectivity index (χ1n) is 11.9. The largest absolute Gasteiger partial charge is 0.493 e. The molecule has 0 spiro atoms. The van der Waals surface area contributed by atoms with Crippen LogP contribution in [0.25, 0.3) is 11.4 Å². The Morgan fingerprint density at radius 2 is 1.80 bits per heavy atom. The van der Waals surface area contributed by atoms with Crippen molar-refractivity contribution in [3.63, 3.8) is 0 Å². The fourth-order valence-corrected chi connectivity index (χ4v) is 5.29. The number of benzene rings is 2. The van der Waals surface area contributed by atoms with E-state index in [2.05, 4.69) is 20.1 Å². The number of nitrogens with zero attached hydrogens (tertiary/aromatic N) is 3. The van der Waals surface area contributed by atoms with E-state index in [9.17, 15) is 9.18 Å². The highest BCUT2D eigenvalue weighted by Crippen LogP contribution is 2.38. The number of aromatic nitrogens is 3. The fraction of sp³-hybridized carbons (Fsp3) is 0.423. The number of ether oxygens (including phenoxy) is 2. The van der Waals surface area contributed by atoms with Gasteiger partial charge in [0.2, 0.25) is 5.91 Å². The molecule has 0 radical (unpaired) electrons. The van der Waals surface area contributed by atoms with Crippen LogP contribution in [0.5, 0.6) is 11.5 Å². The van der Waals surface area contributed by atoms with Gasteiger partial charge < -0.3 is 14.8 Å². The number of hydrogen-bond donors (Lipinski definition) is 1. The monoisotopic (exact) mass is 498 g/mol. The maximum absolute atomic E-state index is 13.1. The Morgan fingerprint density at radius 3 is 2.49 bits per heavy atom. The van der Waals surface area contributed by atoms with Gasteiger partial charge in [-0.25, -0.2) is 4.39 Å². The second-order valence-corrected chi connectivity index (χ2v) is 9.95. The van der Waals surface area contributed by atoms with Gasteiger partial charge in [0.15, 0.2) is 22.5 Å². The molecule has 0 bridgehead atoms. The van der Waals surface area contributed by atoms with E-state index in [0.717, 1.165) is 47.8 Å². The van der Waals surface area contributed by atoms with Crippen LogP contribution in [-0.4, -0.2) is 40.1 Å². The zero-order valence-electron chi connectivity index (χ0n) is 20.3. The molecule has 1 aliphatic carbocycles. The molecule has 1 fully saturated rings. The van der Waals surface area contributed by atoms with E-state index in [0.29, 0.717) is 18.0 Å². The lowest BCUT2D eigenvalue weighted by atomic mass is 9.95. The molecular formula is C26H31FN4O3S. The minimum absolute atomic E-state index is 0.106. The van der Waals surface area contributed by atoms with E-state index in [1.54, 1.807) is 26.4 Å². The molecule has 4 rings (SSSR count). The topological polar surface area (TPSA) is 78.3 Å². The van der Waals surface area contributed by atoms with E-state index in [-0.39, 0.29) is 23.0 Å². The molecule has 3 aromatic rings. The Morgan fingerprint density at radius 1 is 1.09 bits per heavy atom. The normalized spacial score (nSPS) is 15.0. The first-order valence-corrected chi connectivity index (χ1v) is 12.7. The lowest BCUT2D eigenvalue weighted by Crippen LogP contribution is -2.30. The summed E-state index contributed by atoms with van der Waals surface area (Å²) in [5, 5.41) is 12.3. The van der Waals surface area contributed by atoms with Gasteiger partial charge in [-0.3, -0.25) is 9.36 Å². The Bertz CT molecular complexity index is 1150. The van der Waals surface area contributed by atoms with E-state index in [4.69, 9.17) is 9.47 Å². The first-order chi connectivity index (χ1) is 17.0. The summed E-state index contributed by atoms with van der Waals surface area (Å²) in [5.74, 6) is 1.65. The van der Waals surface area contributed by atoms with Crippen LogP contribution in [0.3, 0.4) is 0 Å². The maximum Gasteiger partial charge on any atom is 0.233 e. The van der Waals surface area contributed by atoms with E-state index in [1.165, 1.54) is 30.3 Å². The number of halogens is 1. The molecule has 1 aromatic heterocycles. The highest BCUT2D eigenvalue weighted by molar-refractivity contribution is 8.00. The number of methoxy groups -OCH3 is 2. The van der Waals surface area contributed by atoms with E-state index >= 15 is 0 Å².